The molecule has 2 aliphatic rings. The SMILES string of the molecule is CC(C)(C)OC(=O)N1CCN(NC(=O)CN2C(=O)C(=Cc3c(Cl)ccc(Cl)c3Cl)SC2=S)CC1. The Morgan fingerprint density at radius 1 is 1.15 bits per heavy atom. The van der Waals surface area contributed by atoms with Gasteiger partial charge in [-0.05, 0) is 39.0 Å². The van der Waals surface area contributed by atoms with Crippen LogP contribution < -0.4 is 5.43 Å². The van der Waals surface area contributed by atoms with Gasteiger partial charge in [-0.15, -0.1) is 0 Å². The highest BCUT2D eigenvalue weighted by atomic mass is 35.5. The molecule has 13 heteroatoms. The predicted octanol–water partition coefficient (Wildman–Crippen LogP) is 4.43. The normalized spacial score (nSPS) is 18.6. The Labute approximate surface area is 222 Å². The quantitative estimate of drug-likeness (QED) is 0.329. The molecule has 3 rings (SSSR count). The Morgan fingerprint density at radius 3 is 2.38 bits per heavy atom. The van der Waals surface area contributed by atoms with Crippen LogP contribution >= 0.6 is 58.8 Å². The molecule has 8 nitrogen and oxygen atoms in total. The predicted molar refractivity (Wildman–Crippen MR) is 139 cm³/mol. The molecule has 0 aliphatic carbocycles. The molecule has 1 N–H and O–H groups in total. The highest BCUT2D eigenvalue weighted by Crippen LogP contribution is 2.38. The van der Waals surface area contributed by atoms with Gasteiger partial charge in [-0.1, -0.05) is 58.8 Å². The number of carbonyl (C=O) groups excluding carboxylic acids is 3. The van der Waals surface area contributed by atoms with Gasteiger partial charge in [-0.2, -0.15) is 0 Å². The van der Waals surface area contributed by atoms with Gasteiger partial charge in [0.05, 0.1) is 15.0 Å². The maximum absolute atomic E-state index is 12.9. The van der Waals surface area contributed by atoms with Gasteiger partial charge in [0.1, 0.15) is 16.5 Å². The molecule has 1 aromatic rings. The maximum Gasteiger partial charge on any atom is 0.410 e. The van der Waals surface area contributed by atoms with Gasteiger partial charge in [-0.3, -0.25) is 19.9 Å². The average molecular weight is 566 g/mol. The molecular weight excluding hydrogens is 543 g/mol. The minimum Gasteiger partial charge on any atom is -0.444 e. The second-order valence-corrected chi connectivity index (χ2v) is 11.4. The van der Waals surface area contributed by atoms with Crippen molar-refractivity contribution >= 4 is 87.1 Å². The molecule has 2 heterocycles. The zero-order chi connectivity index (χ0) is 25.2. The lowest BCUT2D eigenvalue weighted by Gasteiger charge is -2.35. The molecule has 1 aromatic carbocycles. The van der Waals surface area contributed by atoms with Crippen molar-refractivity contribution in [2.24, 2.45) is 0 Å². The van der Waals surface area contributed by atoms with Crippen LogP contribution in [0.2, 0.25) is 15.1 Å². The van der Waals surface area contributed by atoms with E-state index in [0.717, 1.165) is 11.8 Å². The second kappa shape index (κ2) is 11.0. The van der Waals surface area contributed by atoms with E-state index in [0.29, 0.717) is 41.8 Å². The number of thioether (sulfide) groups is 1. The second-order valence-electron chi connectivity index (χ2n) is 8.51. The van der Waals surface area contributed by atoms with Gasteiger partial charge < -0.3 is 9.64 Å². The summed E-state index contributed by atoms with van der Waals surface area (Å²) in [6, 6.07) is 3.14. The van der Waals surface area contributed by atoms with Crippen LogP contribution in [0.25, 0.3) is 6.08 Å². The van der Waals surface area contributed by atoms with E-state index >= 15 is 0 Å². The third-order valence-electron chi connectivity index (χ3n) is 4.74. The molecule has 34 heavy (non-hydrogen) atoms. The molecule has 3 amide bonds. The van der Waals surface area contributed by atoms with Crippen molar-refractivity contribution in [3.05, 3.63) is 37.7 Å². The average Bonchev–Trinajstić information content (AvgIpc) is 3.00. The first-order valence-corrected chi connectivity index (χ1v) is 12.6. The number of nitrogens with zero attached hydrogens (tertiary/aromatic N) is 3. The molecule has 184 valence electrons. The fourth-order valence-corrected chi connectivity index (χ4v) is 5.01. The summed E-state index contributed by atoms with van der Waals surface area (Å²) in [5.41, 5.74) is 2.59. The molecule has 0 radical (unpaired) electrons. The van der Waals surface area contributed by atoms with E-state index in [2.05, 4.69) is 5.43 Å². The first-order valence-electron chi connectivity index (χ1n) is 10.3. The van der Waals surface area contributed by atoms with E-state index in [1.807, 2.05) is 20.8 Å². The molecule has 0 saturated carbocycles. The van der Waals surface area contributed by atoms with E-state index in [-0.39, 0.29) is 26.9 Å². The minimum absolute atomic E-state index is 0.225. The van der Waals surface area contributed by atoms with Crippen LogP contribution in [-0.2, 0) is 14.3 Å². The lowest BCUT2D eigenvalue weighted by Crippen LogP contribution is -2.56. The van der Waals surface area contributed by atoms with E-state index in [4.69, 9.17) is 51.8 Å². The minimum atomic E-state index is -0.572. The van der Waals surface area contributed by atoms with Gasteiger partial charge in [0, 0.05) is 36.8 Å². The number of amides is 3. The molecule has 0 aromatic heterocycles. The number of rotatable bonds is 4. The number of thiocarbonyl (C=S) groups is 1. The zero-order valence-electron chi connectivity index (χ0n) is 18.7. The molecule has 2 fully saturated rings. The van der Waals surface area contributed by atoms with Crippen LogP contribution in [0.15, 0.2) is 17.0 Å². The van der Waals surface area contributed by atoms with Gasteiger partial charge in [0.25, 0.3) is 11.8 Å². The molecule has 0 unspecified atom stereocenters. The Morgan fingerprint density at radius 2 is 1.76 bits per heavy atom. The summed E-state index contributed by atoms with van der Waals surface area (Å²) in [4.78, 5) is 40.7. The smallest absolute Gasteiger partial charge is 0.410 e. The summed E-state index contributed by atoms with van der Waals surface area (Å²) in [6.07, 6.45) is 1.13. The highest BCUT2D eigenvalue weighted by molar-refractivity contribution is 8.26. The van der Waals surface area contributed by atoms with Gasteiger partial charge in [0.2, 0.25) is 0 Å². The third kappa shape index (κ3) is 6.77. The summed E-state index contributed by atoms with van der Waals surface area (Å²) in [7, 11) is 0. The van der Waals surface area contributed by atoms with Crippen LogP contribution in [-0.4, -0.2) is 75.4 Å². The molecule has 2 saturated heterocycles. The van der Waals surface area contributed by atoms with E-state index in [1.54, 1.807) is 22.0 Å². The van der Waals surface area contributed by atoms with Crippen molar-refractivity contribution in [1.82, 2.24) is 20.2 Å². The summed E-state index contributed by atoms with van der Waals surface area (Å²) >= 11 is 24.8. The highest BCUT2D eigenvalue weighted by Gasteiger charge is 2.34. The van der Waals surface area contributed by atoms with Gasteiger partial charge in [0.15, 0.2) is 0 Å². The summed E-state index contributed by atoms with van der Waals surface area (Å²) in [5.74, 6) is -0.825. The molecular formula is C21H23Cl3N4O4S2. The number of ether oxygens (including phenoxy) is 1. The van der Waals surface area contributed by atoms with Crippen molar-refractivity contribution in [3.8, 4) is 0 Å². The standard InChI is InChI=1S/C21H23Cl3N4O4S2/c1-21(2,3)32-19(31)26-6-8-27(9-7-26)25-16(29)11-28-18(30)15(34-20(28)33)10-12-13(22)4-5-14(23)17(12)24/h4-5,10H,6-9,11H2,1-3H3,(H,25,29). The zero-order valence-corrected chi connectivity index (χ0v) is 22.6. The van der Waals surface area contributed by atoms with E-state index in [1.165, 1.54) is 11.0 Å². The first-order chi connectivity index (χ1) is 15.9. The summed E-state index contributed by atoms with van der Waals surface area (Å²) < 4.78 is 5.62. The Hall–Kier alpha value is -1.56. The molecule has 0 spiro atoms. The Bertz CT molecular complexity index is 1050. The van der Waals surface area contributed by atoms with Crippen molar-refractivity contribution in [1.29, 1.82) is 0 Å². The summed E-state index contributed by atoms with van der Waals surface area (Å²) in [5, 5.41) is 2.56. The van der Waals surface area contributed by atoms with Crippen molar-refractivity contribution in [2.45, 2.75) is 26.4 Å². The summed E-state index contributed by atoms with van der Waals surface area (Å²) in [6.45, 7) is 6.84. The topological polar surface area (TPSA) is 82.2 Å². The number of carbonyl (C=O) groups is 3. The maximum atomic E-state index is 12.9. The number of piperazine rings is 1. The number of nitrogens with one attached hydrogen (secondary N) is 1. The Balaban J connectivity index is 1.56. The lowest BCUT2D eigenvalue weighted by molar-refractivity contribution is -0.132. The number of halogens is 3. The van der Waals surface area contributed by atoms with Crippen LogP contribution in [0.4, 0.5) is 4.79 Å². The molecule has 0 bridgehead atoms. The van der Waals surface area contributed by atoms with Crippen LogP contribution in [0.1, 0.15) is 26.3 Å². The molecule has 2 aliphatic heterocycles. The number of hydrogen-bond acceptors (Lipinski definition) is 7. The van der Waals surface area contributed by atoms with Crippen molar-refractivity contribution in [2.75, 3.05) is 32.7 Å². The van der Waals surface area contributed by atoms with Crippen LogP contribution in [0, 0.1) is 0 Å². The van der Waals surface area contributed by atoms with Crippen molar-refractivity contribution in [3.63, 3.8) is 0 Å². The third-order valence-corrected chi connectivity index (χ3v) is 7.27. The van der Waals surface area contributed by atoms with Crippen molar-refractivity contribution < 1.29 is 19.1 Å². The lowest BCUT2D eigenvalue weighted by atomic mass is 10.2. The number of hydrazine groups is 1. The number of hydrogen-bond donors (Lipinski definition) is 1. The van der Waals surface area contributed by atoms with E-state index < -0.39 is 17.4 Å². The van der Waals surface area contributed by atoms with E-state index in [9.17, 15) is 14.4 Å². The molecule has 0 atom stereocenters. The fourth-order valence-electron chi connectivity index (χ4n) is 3.13. The van der Waals surface area contributed by atoms with Crippen LogP contribution in [0.5, 0.6) is 0 Å². The first kappa shape index (κ1) is 27.0. The Kier molecular flexibility index (Phi) is 8.75. The van der Waals surface area contributed by atoms with Gasteiger partial charge in [-0.25, -0.2) is 9.80 Å². The number of benzene rings is 1. The van der Waals surface area contributed by atoms with Crippen LogP contribution in [0.3, 0.4) is 0 Å². The largest absolute Gasteiger partial charge is 0.444 e. The fraction of sp³-hybridized carbons (Fsp3) is 0.429. The van der Waals surface area contributed by atoms with Gasteiger partial charge >= 0.3 is 6.09 Å². The monoisotopic (exact) mass is 564 g/mol.